The third kappa shape index (κ3) is 4.56. The van der Waals surface area contributed by atoms with E-state index in [9.17, 15) is 0 Å². The first-order chi connectivity index (χ1) is 10.0. The minimum Gasteiger partial charge on any atom is -0.372 e. The number of anilines is 1. The maximum atomic E-state index is 4.72. The lowest BCUT2D eigenvalue weighted by molar-refractivity contribution is 0.792. The fourth-order valence-electron chi connectivity index (χ4n) is 1.80. The van der Waals surface area contributed by atoms with Gasteiger partial charge in [-0.15, -0.1) is 11.8 Å². The van der Waals surface area contributed by atoms with Crippen molar-refractivity contribution in [1.29, 1.82) is 0 Å². The molecule has 1 heterocycles. The highest BCUT2D eigenvalue weighted by atomic mass is 127. The molecule has 0 unspecified atom stereocenters. The molecule has 0 atom stereocenters. The van der Waals surface area contributed by atoms with Crippen molar-refractivity contribution >= 4 is 56.1 Å². The van der Waals surface area contributed by atoms with Crippen molar-refractivity contribution < 1.29 is 0 Å². The Balaban J connectivity index is 2.19. The van der Waals surface area contributed by atoms with E-state index in [1.165, 1.54) is 4.90 Å². The fourth-order valence-corrected chi connectivity index (χ4v) is 3.96. The van der Waals surface area contributed by atoms with Gasteiger partial charge in [-0.25, -0.2) is 9.97 Å². The predicted octanol–water partition coefficient (Wildman–Crippen LogP) is 5.30. The Kier molecular flexibility index (Phi) is 6.31. The molecule has 6 heteroatoms. The summed E-state index contributed by atoms with van der Waals surface area (Å²) in [6.45, 7) is 4.32. The van der Waals surface area contributed by atoms with Crippen LogP contribution in [0.3, 0.4) is 0 Å². The molecule has 112 valence electrons. The molecule has 0 fully saturated rings. The van der Waals surface area contributed by atoms with Gasteiger partial charge in [0.05, 0.1) is 15.0 Å². The molecule has 0 aliphatic heterocycles. The quantitative estimate of drug-likeness (QED) is 0.468. The molecule has 0 aliphatic rings. The second kappa shape index (κ2) is 7.78. The van der Waals surface area contributed by atoms with Crippen molar-refractivity contribution in [3.05, 3.63) is 43.8 Å². The van der Waals surface area contributed by atoms with Gasteiger partial charge < -0.3 is 5.32 Å². The normalized spacial score (nSPS) is 11.0. The third-order valence-corrected chi connectivity index (χ3v) is 5.49. The standard InChI is InChI=1S/C15H17BrIN3S/c1-9(2)14-13(17)15(18-3)20-12(19-14)8-21-11-6-4-10(16)5-7-11/h4-7,9H,8H2,1-3H3,(H,18,19,20). The molecule has 2 rings (SSSR count). The Morgan fingerprint density at radius 3 is 2.48 bits per heavy atom. The summed E-state index contributed by atoms with van der Waals surface area (Å²) in [6, 6.07) is 8.30. The molecular formula is C15H17BrIN3S. The monoisotopic (exact) mass is 477 g/mol. The van der Waals surface area contributed by atoms with Crippen LogP contribution >= 0.6 is 50.3 Å². The summed E-state index contributed by atoms with van der Waals surface area (Å²) in [5.74, 6) is 2.95. The molecule has 2 aromatic rings. The Labute approximate surface area is 152 Å². The zero-order chi connectivity index (χ0) is 15.4. The number of aromatic nitrogens is 2. The van der Waals surface area contributed by atoms with E-state index in [1.54, 1.807) is 11.8 Å². The Morgan fingerprint density at radius 1 is 1.24 bits per heavy atom. The zero-order valence-electron chi connectivity index (χ0n) is 12.2. The van der Waals surface area contributed by atoms with Crippen molar-refractivity contribution in [1.82, 2.24) is 9.97 Å². The number of nitrogens with one attached hydrogen (secondary N) is 1. The van der Waals surface area contributed by atoms with Crippen molar-refractivity contribution in [2.75, 3.05) is 12.4 Å². The maximum absolute atomic E-state index is 4.72. The summed E-state index contributed by atoms with van der Waals surface area (Å²) in [7, 11) is 1.90. The van der Waals surface area contributed by atoms with E-state index in [0.29, 0.717) is 5.92 Å². The van der Waals surface area contributed by atoms with Gasteiger partial charge in [-0.2, -0.15) is 0 Å². The molecule has 3 nitrogen and oxygen atoms in total. The molecule has 0 radical (unpaired) electrons. The van der Waals surface area contributed by atoms with Gasteiger partial charge in [-0.3, -0.25) is 0 Å². The van der Waals surface area contributed by atoms with Crippen molar-refractivity contribution in [3.63, 3.8) is 0 Å². The van der Waals surface area contributed by atoms with Gasteiger partial charge in [0.25, 0.3) is 0 Å². The van der Waals surface area contributed by atoms with E-state index < -0.39 is 0 Å². The van der Waals surface area contributed by atoms with Crippen LogP contribution in [-0.2, 0) is 5.75 Å². The lowest BCUT2D eigenvalue weighted by Crippen LogP contribution is -2.08. The molecule has 0 bridgehead atoms. The fraction of sp³-hybridized carbons (Fsp3) is 0.333. The molecule has 0 saturated heterocycles. The largest absolute Gasteiger partial charge is 0.372 e. The molecule has 1 aromatic carbocycles. The van der Waals surface area contributed by atoms with Crippen LogP contribution in [0.4, 0.5) is 5.82 Å². The van der Waals surface area contributed by atoms with Crippen molar-refractivity contribution in [3.8, 4) is 0 Å². The van der Waals surface area contributed by atoms with Gasteiger partial charge >= 0.3 is 0 Å². The van der Waals surface area contributed by atoms with Gasteiger partial charge in [0, 0.05) is 16.4 Å². The van der Waals surface area contributed by atoms with E-state index in [2.05, 4.69) is 86.9 Å². The van der Waals surface area contributed by atoms with Crippen LogP contribution in [0.25, 0.3) is 0 Å². The summed E-state index contributed by atoms with van der Waals surface area (Å²) in [6.07, 6.45) is 0. The number of benzene rings is 1. The average molecular weight is 478 g/mol. The minimum absolute atomic E-state index is 0.392. The van der Waals surface area contributed by atoms with Crippen LogP contribution in [0, 0.1) is 3.57 Å². The second-order valence-electron chi connectivity index (χ2n) is 4.83. The summed E-state index contributed by atoms with van der Waals surface area (Å²) in [4.78, 5) is 10.6. The molecule has 0 spiro atoms. The third-order valence-electron chi connectivity index (χ3n) is 2.89. The highest BCUT2D eigenvalue weighted by molar-refractivity contribution is 14.1. The summed E-state index contributed by atoms with van der Waals surface area (Å²) in [5.41, 5.74) is 1.11. The molecule has 1 N–H and O–H groups in total. The Morgan fingerprint density at radius 2 is 1.90 bits per heavy atom. The van der Waals surface area contributed by atoms with Crippen LogP contribution < -0.4 is 5.32 Å². The van der Waals surface area contributed by atoms with E-state index in [1.807, 2.05) is 7.05 Å². The second-order valence-corrected chi connectivity index (χ2v) is 7.88. The minimum atomic E-state index is 0.392. The Bertz CT molecular complexity index is 617. The van der Waals surface area contributed by atoms with Crippen LogP contribution in [0.2, 0.25) is 0 Å². The predicted molar refractivity (Wildman–Crippen MR) is 102 cm³/mol. The van der Waals surface area contributed by atoms with Crippen LogP contribution in [-0.4, -0.2) is 17.0 Å². The summed E-state index contributed by atoms with van der Waals surface area (Å²) >= 11 is 7.52. The van der Waals surface area contributed by atoms with Crippen LogP contribution in [0.5, 0.6) is 0 Å². The first-order valence-electron chi connectivity index (χ1n) is 6.63. The highest BCUT2D eigenvalue weighted by Crippen LogP contribution is 2.28. The number of nitrogens with zero attached hydrogens (tertiary/aromatic N) is 2. The first kappa shape index (κ1) is 17.0. The van der Waals surface area contributed by atoms with Gasteiger partial charge in [-0.1, -0.05) is 29.8 Å². The topological polar surface area (TPSA) is 37.8 Å². The number of rotatable bonds is 5. The van der Waals surface area contributed by atoms with Gasteiger partial charge in [0.2, 0.25) is 0 Å². The lowest BCUT2D eigenvalue weighted by atomic mass is 10.1. The SMILES string of the molecule is CNc1nc(CSc2ccc(Br)cc2)nc(C(C)C)c1I. The van der Waals surface area contributed by atoms with Gasteiger partial charge in [0.1, 0.15) is 11.6 Å². The average Bonchev–Trinajstić information content (AvgIpc) is 2.47. The van der Waals surface area contributed by atoms with Gasteiger partial charge in [0.15, 0.2) is 0 Å². The van der Waals surface area contributed by atoms with Crippen LogP contribution in [0.15, 0.2) is 33.6 Å². The Hall–Kier alpha value is -0.340. The lowest BCUT2D eigenvalue weighted by Gasteiger charge is -2.13. The molecular weight excluding hydrogens is 461 g/mol. The number of halogens is 2. The van der Waals surface area contributed by atoms with Gasteiger partial charge in [-0.05, 0) is 52.8 Å². The summed E-state index contributed by atoms with van der Waals surface area (Å²) in [5, 5.41) is 3.16. The van der Waals surface area contributed by atoms with Crippen molar-refractivity contribution in [2.24, 2.45) is 0 Å². The van der Waals surface area contributed by atoms with E-state index in [0.717, 1.165) is 31.1 Å². The zero-order valence-corrected chi connectivity index (χ0v) is 16.7. The van der Waals surface area contributed by atoms with Crippen molar-refractivity contribution in [2.45, 2.75) is 30.4 Å². The number of hydrogen-bond donors (Lipinski definition) is 1. The first-order valence-corrected chi connectivity index (χ1v) is 9.49. The molecule has 1 aromatic heterocycles. The van der Waals surface area contributed by atoms with E-state index >= 15 is 0 Å². The molecule has 0 saturated carbocycles. The molecule has 0 aliphatic carbocycles. The number of thioether (sulfide) groups is 1. The molecule has 21 heavy (non-hydrogen) atoms. The molecule has 0 amide bonds. The highest BCUT2D eigenvalue weighted by Gasteiger charge is 2.14. The van der Waals surface area contributed by atoms with E-state index in [4.69, 9.17) is 4.98 Å². The van der Waals surface area contributed by atoms with E-state index in [-0.39, 0.29) is 0 Å². The summed E-state index contributed by atoms with van der Waals surface area (Å²) < 4.78 is 2.21. The number of hydrogen-bond acceptors (Lipinski definition) is 4. The van der Waals surface area contributed by atoms with Crippen LogP contribution in [0.1, 0.15) is 31.3 Å². The maximum Gasteiger partial charge on any atom is 0.143 e. The smallest absolute Gasteiger partial charge is 0.143 e.